The number of rotatable bonds is 7. The normalized spacial score (nSPS) is 15.8. The molecule has 3 amide bonds. The van der Waals surface area contributed by atoms with Gasteiger partial charge in [-0.2, -0.15) is 5.10 Å². The minimum Gasteiger partial charge on any atom is -0.497 e. The van der Waals surface area contributed by atoms with Crippen molar-refractivity contribution in [1.29, 1.82) is 0 Å². The van der Waals surface area contributed by atoms with Gasteiger partial charge < -0.3 is 25.0 Å². The quantitative estimate of drug-likeness (QED) is 0.514. The number of benzene rings is 2. The third-order valence-electron chi connectivity index (χ3n) is 7.17. The summed E-state index contributed by atoms with van der Waals surface area (Å²) in [6.45, 7) is 6.24. The molecule has 2 aromatic carbocycles. The molecule has 0 unspecified atom stereocenters. The molecule has 0 atom stereocenters. The number of hydrogen-bond acceptors (Lipinski definition) is 6. The number of nitrogens with two attached hydrogens (primary N) is 1. The van der Waals surface area contributed by atoms with Gasteiger partial charge in [-0.25, -0.2) is 9.48 Å². The summed E-state index contributed by atoms with van der Waals surface area (Å²) < 4.78 is 11.9. The number of carbonyl (C=O) groups excluding carboxylic acids is 3. The molecule has 10 heteroatoms. The van der Waals surface area contributed by atoms with E-state index in [1.807, 2.05) is 24.3 Å². The van der Waals surface area contributed by atoms with Crippen molar-refractivity contribution in [1.82, 2.24) is 14.7 Å². The zero-order valence-electron chi connectivity index (χ0n) is 21.8. The fraction of sp³-hybridized carbons (Fsp3) is 0.357. The standard InChI is InChI=1S/C28H31N5O5/c1-28(2,17-31-14-4-16-38-27(31)36)18-5-7-19(8-6-18)32-15-13-22-23(25(29)34)30-33(24(22)26(32)35)20-9-11-21(37-3)12-10-20/h5-12H,4,13-17H2,1-3H3,(H2,29,34). The van der Waals surface area contributed by atoms with E-state index in [0.717, 1.165) is 17.7 Å². The van der Waals surface area contributed by atoms with Crippen LogP contribution in [-0.4, -0.2) is 65.9 Å². The Balaban J connectivity index is 1.43. The molecule has 1 aromatic heterocycles. The van der Waals surface area contributed by atoms with Crippen molar-refractivity contribution in [2.45, 2.75) is 32.1 Å². The maximum absolute atomic E-state index is 13.8. The second-order valence-electron chi connectivity index (χ2n) is 10.2. The molecular weight excluding hydrogens is 486 g/mol. The molecule has 198 valence electrons. The summed E-state index contributed by atoms with van der Waals surface area (Å²) in [6, 6.07) is 14.9. The molecular formula is C28H31N5O5. The van der Waals surface area contributed by atoms with Gasteiger partial charge in [0.2, 0.25) is 0 Å². The van der Waals surface area contributed by atoms with Crippen LogP contribution in [0.15, 0.2) is 48.5 Å². The van der Waals surface area contributed by atoms with Gasteiger partial charge in [-0.3, -0.25) is 9.59 Å². The van der Waals surface area contributed by atoms with Crippen LogP contribution < -0.4 is 15.4 Å². The second kappa shape index (κ2) is 9.85. The molecule has 2 N–H and O–H groups in total. The molecule has 2 aliphatic rings. The highest BCUT2D eigenvalue weighted by Crippen LogP contribution is 2.32. The number of methoxy groups -OCH3 is 1. The van der Waals surface area contributed by atoms with Gasteiger partial charge in [0.15, 0.2) is 5.69 Å². The summed E-state index contributed by atoms with van der Waals surface area (Å²) in [4.78, 5) is 41.5. The predicted octanol–water partition coefficient (Wildman–Crippen LogP) is 3.30. The summed E-state index contributed by atoms with van der Waals surface area (Å²) in [5, 5.41) is 4.42. The molecule has 0 bridgehead atoms. The number of primary amides is 1. The van der Waals surface area contributed by atoms with E-state index in [-0.39, 0.29) is 23.1 Å². The van der Waals surface area contributed by atoms with Gasteiger partial charge in [-0.05, 0) is 54.8 Å². The van der Waals surface area contributed by atoms with Crippen molar-refractivity contribution in [3.8, 4) is 11.4 Å². The van der Waals surface area contributed by atoms with Gasteiger partial charge in [0, 0.05) is 36.3 Å². The summed E-state index contributed by atoms with van der Waals surface area (Å²) in [6.07, 6.45) is 0.990. The van der Waals surface area contributed by atoms with Gasteiger partial charge in [-0.15, -0.1) is 0 Å². The first-order valence-electron chi connectivity index (χ1n) is 12.6. The van der Waals surface area contributed by atoms with Crippen LogP contribution in [0.5, 0.6) is 5.75 Å². The highest BCUT2D eigenvalue weighted by atomic mass is 16.6. The molecule has 10 nitrogen and oxygen atoms in total. The Morgan fingerprint density at radius 2 is 1.74 bits per heavy atom. The lowest BCUT2D eigenvalue weighted by molar-refractivity contribution is 0.0653. The van der Waals surface area contributed by atoms with Crippen molar-refractivity contribution in [2.24, 2.45) is 5.73 Å². The van der Waals surface area contributed by atoms with E-state index >= 15 is 0 Å². The fourth-order valence-corrected chi connectivity index (χ4v) is 5.12. The molecule has 1 fully saturated rings. The fourth-order valence-electron chi connectivity index (χ4n) is 5.12. The first-order chi connectivity index (χ1) is 18.2. The molecule has 3 aromatic rings. The average Bonchev–Trinajstić information content (AvgIpc) is 3.31. The number of carbonyl (C=O) groups is 3. The van der Waals surface area contributed by atoms with E-state index in [4.69, 9.17) is 15.2 Å². The van der Waals surface area contributed by atoms with E-state index < -0.39 is 5.91 Å². The first kappa shape index (κ1) is 25.3. The van der Waals surface area contributed by atoms with Crippen LogP contribution in [0.2, 0.25) is 0 Å². The van der Waals surface area contributed by atoms with Gasteiger partial charge in [0.25, 0.3) is 11.8 Å². The average molecular weight is 518 g/mol. The van der Waals surface area contributed by atoms with E-state index in [1.165, 1.54) is 4.68 Å². The summed E-state index contributed by atoms with van der Waals surface area (Å²) in [5.74, 6) is -0.262. The largest absolute Gasteiger partial charge is 0.497 e. The maximum Gasteiger partial charge on any atom is 0.409 e. The minimum atomic E-state index is -0.668. The lowest BCUT2D eigenvalue weighted by atomic mass is 9.84. The van der Waals surface area contributed by atoms with E-state index in [2.05, 4.69) is 18.9 Å². The van der Waals surface area contributed by atoms with Crippen molar-refractivity contribution in [3.05, 3.63) is 71.0 Å². The van der Waals surface area contributed by atoms with Gasteiger partial charge in [-0.1, -0.05) is 26.0 Å². The Bertz CT molecular complexity index is 1380. The first-order valence-corrected chi connectivity index (χ1v) is 12.6. The number of hydrogen-bond donors (Lipinski definition) is 1. The molecule has 0 radical (unpaired) electrons. The molecule has 0 saturated carbocycles. The molecule has 1 saturated heterocycles. The molecule has 2 aliphatic heterocycles. The highest BCUT2D eigenvalue weighted by molar-refractivity contribution is 6.09. The van der Waals surface area contributed by atoms with Gasteiger partial charge in [0.1, 0.15) is 11.4 Å². The summed E-state index contributed by atoms with van der Waals surface area (Å²) in [5.41, 5.74) is 8.69. The zero-order chi connectivity index (χ0) is 27.0. The van der Waals surface area contributed by atoms with E-state index in [1.54, 1.807) is 41.2 Å². The van der Waals surface area contributed by atoms with E-state index in [0.29, 0.717) is 55.4 Å². The van der Waals surface area contributed by atoms with Crippen LogP contribution in [-0.2, 0) is 16.6 Å². The third-order valence-corrected chi connectivity index (χ3v) is 7.17. The smallest absolute Gasteiger partial charge is 0.409 e. The zero-order valence-corrected chi connectivity index (χ0v) is 21.8. The third kappa shape index (κ3) is 4.57. The topological polar surface area (TPSA) is 120 Å². The Morgan fingerprint density at radius 1 is 1.05 bits per heavy atom. The number of anilines is 1. The molecule has 0 aliphatic carbocycles. The van der Waals surface area contributed by atoms with Crippen LogP contribution in [0, 0.1) is 0 Å². The van der Waals surface area contributed by atoms with Crippen molar-refractivity contribution >= 4 is 23.6 Å². The van der Waals surface area contributed by atoms with Gasteiger partial charge >= 0.3 is 6.09 Å². The Kier molecular flexibility index (Phi) is 6.56. The van der Waals surface area contributed by atoms with Crippen LogP contribution in [0.3, 0.4) is 0 Å². The lowest BCUT2D eigenvalue weighted by Crippen LogP contribution is -2.44. The van der Waals surface area contributed by atoms with Crippen LogP contribution in [0.1, 0.15) is 52.4 Å². The molecule has 0 spiro atoms. The van der Waals surface area contributed by atoms with E-state index in [9.17, 15) is 14.4 Å². The van der Waals surface area contributed by atoms with Crippen molar-refractivity contribution in [3.63, 3.8) is 0 Å². The molecule has 5 rings (SSSR count). The summed E-state index contributed by atoms with van der Waals surface area (Å²) >= 11 is 0. The van der Waals surface area contributed by atoms with Crippen LogP contribution in [0.25, 0.3) is 5.69 Å². The molecule has 3 heterocycles. The maximum atomic E-state index is 13.8. The predicted molar refractivity (Wildman–Crippen MR) is 141 cm³/mol. The molecule has 38 heavy (non-hydrogen) atoms. The number of aromatic nitrogens is 2. The lowest BCUT2D eigenvalue weighted by Gasteiger charge is -2.35. The Morgan fingerprint density at radius 3 is 2.37 bits per heavy atom. The highest BCUT2D eigenvalue weighted by Gasteiger charge is 2.35. The SMILES string of the molecule is COc1ccc(-n2nc(C(N)=O)c3c2C(=O)N(c2ccc(C(C)(C)CN4CCCOC4=O)cc2)CC3)cc1. The number of ether oxygens (including phenoxy) is 2. The number of fused-ring (bicyclic) bond motifs is 1. The van der Waals surface area contributed by atoms with Crippen molar-refractivity contribution in [2.75, 3.05) is 38.3 Å². The minimum absolute atomic E-state index is 0.108. The Hall–Kier alpha value is -4.34. The monoisotopic (exact) mass is 517 g/mol. The van der Waals surface area contributed by atoms with Crippen molar-refractivity contribution < 1.29 is 23.9 Å². The summed E-state index contributed by atoms with van der Waals surface area (Å²) in [7, 11) is 1.57. The number of cyclic esters (lactones) is 1. The Labute approximate surface area is 220 Å². The van der Waals surface area contributed by atoms with Gasteiger partial charge in [0.05, 0.1) is 19.4 Å². The number of amides is 3. The number of nitrogens with zero attached hydrogens (tertiary/aromatic N) is 4. The van der Waals surface area contributed by atoms with Crippen LogP contribution >= 0.6 is 0 Å². The second-order valence-corrected chi connectivity index (χ2v) is 10.2. The van der Waals surface area contributed by atoms with Crippen LogP contribution in [0.4, 0.5) is 10.5 Å².